The molecule has 0 spiro atoms. The lowest BCUT2D eigenvalue weighted by molar-refractivity contribution is -0.113. The molecule has 0 aliphatic rings. The van der Waals surface area contributed by atoms with Crippen LogP contribution in [0.2, 0.25) is 0 Å². The quantitative estimate of drug-likeness (QED) is 0.197. The second kappa shape index (κ2) is 12.9. The largest absolute Gasteiger partial charge is 0.486 e. The summed E-state index contributed by atoms with van der Waals surface area (Å²) < 4.78 is 13.0. The zero-order valence-corrected chi connectivity index (χ0v) is 21.9. The number of aromatic nitrogens is 3. The van der Waals surface area contributed by atoms with E-state index in [4.69, 9.17) is 9.47 Å². The number of hydrogen-bond acceptors (Lipinski definition) is 7. The third kappa shape index (κ3) is 7.71. The Labute approximate surface area is 216 Å². The summed E-state index contributed by atoms with van der Waals surface area (Å²) in [4.78, 5) is 24.7. The lowest BCUT2D eigenvalue weighted by Gasteiger charge is -2.11. The molecule has 3 aromatic rings. The van der Waals surface area contributed by atoms with Gasteiger partial charge in [-0.05, 0) is 55.7 Å². The van der Waals surface area contributed by atoms with Gasteiger partial charge in [0.25, 0.3) is 0 Å². The molecule has 0 unspecified atom stereocenters. The number of benzene rings is 2. The van der Waals surface area contributed by atoms with Gasteiger partial charge in [-0.15, -0.1) is 16.8 Å². The number of thioether (sulfide) groups is 1. The standard InChI is InChI=1S/C27H32N4O4S/c1-6-14-31-24(16-34-23-12-10-20(11-13-23)18(2)3)29-30-27(31)36-17-25(32)28-22-9-7-8-21(15-22)26(33)35-19(4)5/h6-13,15,18-19H,1,14,16-17H2,2-5H3,(H,28,32). The van der Waals surface area contributed by atoms with E-state index in [1.54, 1.807) is 44.2 Å². The second-order valence-corrected chi connectivity index (χ2v) is 9.62. The summed E-state index contributed by atoms with van der Waals surface area (Å²) >= 11 is 1.26. The van der Waals surface area contributed by atoms with Crippen molar-refractivity contribution < 1.29 is 19.1 Å². The molecular weight excluding hydrogens is 476 g/mol. The van der Waals surface area contributed by atoms with Crippen LogP contribution in [0.25, 0.3) is 0 Å². The Morgan fingerprint density at radius 3 is 2.53 bits per heavy atom. The molecule has 36 heavy (non-hydrogen) atoms. The highest BCUT2D eigenvalue weighted by molar-refractivity contribution is 7.99. The van der Waals surface area contributed by atoms with Gasteiger partial charge in [0.1, 0.15) is 12.4 Å². The highest BCUT2D eigenvalue weighted by atomic mass is 32.2. The number of nitrogens with one attached hydrogen (secondary N) is 1. The smallest absolute Gasteiger partial charge is 0.338 e. The van der Waals surface area contributed by atoms with Gasteiger partial charge in [-0.25, -0.2) is 4.79 Å². The summed E-state index contributed by atoms with van der Waals surface area (Å²) in [7, 11) is 0. The van der Waals surface area contributed by atoms with E-state index >= 15 is 0 Å². The van der Waals surface area contributed by atoms with Gasteiger partial charge in [-0.3, -0.25) is 9.36 Å². The number of esters is 1. The molecule has 0 saturated heterocycles. The summed E-state index contributed by atoms with van der Waals surface area (Å²) in [6, 6.07) is 14.7. The highest BCUT2D eigenvalue weighted by Gasteiger charge is 2.15. The highest BCUT2D eigenvalue weighted by Crippen LogP contribution is 2.22. The molecule has 1 amide bonds. The Hall–Kier alpha value is -3.59. The number of amides is 1. The summed E-state index contributed by atoms with van der Waals surface area (Å²) in [6.45, 7) is 12.4. The molecule has 0 radical (unpaired) electrons. The van der Waals surface area contributed by atoms with Gasteiger partial charge in [-0.2, -0.15) is 0 Å². The zero-order chi connectivity index (χ0) is 26.1. The summed E-state index contributed by atoms with van der Waals surface area (Å²) in [5, 5.41) is 11.9. The number of carbonyl (C=O) groups excluding carboxylic acids is 2. The minimum atomic E-state index is -0.432. The van der Waals surface area contributed by atoms with Crippen LogP contribution in [0.4, 0.5) is 5.69 Å². The summed E-state index contributed by atoms with van der Waals surface area (Å²) in [5.41, 5.74) is 2.14. The van der Waals surface area contributed by atoms with Gasteiger partial charge >= 0.3 is 5.97 Å². The van der Waals surface area contributed by atoms with Crippen LogP contribution in [0.5, 0.6) is 5.75 Å². The molecule has 0 aliphatic carbocycles. The molecule has 1 N–H and O–H groups in total. The van der Waals surface area contributed by atoms with Crippen LogP contribution in [-0.2, 0) is 22.7 Å². The van der Waals surface area contributed by atoms with Crippen LogP contribution >= 0.6 is 11.8 Å². The van der Waals surface area contributed by atoms with Crippen molar-refractivity contribution >= 4 is 29.3 Å². The maximum atomic E-state index is 12.6. The molecule has 0 saturated carbocycles. The molecule has 0 fully saturated rings. The van der Waals surface area contributed by atoms with Crippen LogP contribution in [0.3, 0.4) is 0 Å². The van der Waals surface area contributed by atoms with Crippen molar-refractivity contribution in [1.29, 1.82) is 0 Å². The van der Waals surface area contributed by atoms with Gasteiger partial charge in [-0.1, -0.05) is 49.9 Å². The Morgan fingerprint density at radius 2 is 1.86 bits per heavy atom. The van der Waals surface area contributed by atoms with Gasteiger partial charge in [0.15, 0.2) is 11.0 Å². The molecule has 1 aromatic heterocycles. The topological polar surface area (TPSA) is 95.3 Å². The van der Waals surface area contributed by atoms with E-state index in [1.165, 1.54) is 17.3 Å². The normalized spacial score (nSPS) is 10.9. The van der Waals surface area contributed by atoms with E-state index in [2.05, 4.69) is 48.1 Å². The van der Waals surface area contributed by atoms with E-state index in [9.17, 15) is 9.59 Å². The molecule has 0 atom stereocenters. The first-order chi connectivity index (χ1) is 17.3. The van der Waals surface area contributed by atoms with Crippen molar-refractivity contribution in [3.8, 4) is 5.75 Å². The minimum absolute atomic E-state index is 0.119. The fraction of sp³-hybridized carbons (Fsp3) is 0.333. The maximum absolute atomic E-state index is 12.6. The number of rotatable bonds is 12. The van der Waals surface area contributed by atoms with E-state index in [1.807, 2.05) is 16.7 Å². The third-order valence-corrected chi connectivity index (χ3v) is 6.04. The number of carbonyl (C=O) groups is 2. The molecular formula is C27H32N4O4S. The van der Waals surface area contributed by atoms with Crippen LogP contribution in [0, 0.1) is 0 Å². The Balaban J connectivity index is 1.59. The Kier molecular flexibility index (Phi) is 9.69. The van der Waals surface area contributed by atoms with Crippen LogP contribution in [0.15, 0.2) is 66.3 Å². The number of nitrogens with zero attached hydrogens (tertiary/aromatic N) is 3. The van der Waals surface area contributed by atoms with Gasteiger partial charge in [0.2, 0.25) is 5.91 Å². The van der Waals surface area contributed by atoms with Crippen molar-refractivity contribution in [3.63, 3.8) is 0 Å². The lowest BCUT2D eigenvalue weighted by Crippen LogP contribution is -2.16. The predicted octanol–water partition coefficient (Wildman–Crippen LogP) is 5.46. The van der Waals surface area contributed by atoms with Crippen molar-refractivity contribution in [2.24, 2.45) is 0 Å². The van der Waals surface area contributed by atoms with Crippen LogP contribution in [-0.4, -0.2) is 38.5 Å². The number of ether oxygens (including phenoxy) is 2. The van der Waals surface area contributed by atoms with Gasteiger partial charge in [0.05, 0.1) is 17.4 Å². The van der Waals surface area contributed by atoms with Crippen molar-refractivity contribution in [3.05, 3.63) is 78.1 Å². The van der Waals surface area contributed by atoms with Crippen molar-refractivity contribution in [1.82, 2.24) is 14.8 Å². The van der Waals surface area contributed by atoms with Crippen molar-refractivity contribution in [2.75, 3.05) is 11.1 Å². The second-order valence-electron chi connectivity index (χ2n) is 8.68. The first kappa shape index (κ1) is 27.0. The van der Waals surface area contributed by atoms with E-state index in [0.717, 1.165) is 5.75 Å². The minimum Gasteiger partial charge on any atom is -0.486 e. The zero-order valence-electron chi connectivity index (χ0n) is 21.1. The monoisotopic (exact) mass is 508 g/mol. The SMILES string of the molecule is C=CCn1c(COc2ccc(C(C)C)cc2)nnc1SCC(=O)Nc1cccc(C(=O)OC(C)C)c1. The predicted molar refractivity (Wildman–Crippen MR) is 141 cm³/mol. The summed E-state index contributed by atoms with van der Waals surface area (Å²) in [6.07, 6.45) is 1.52. The van der Waals surface area contributed by atoms with Gasteiger partial charge in [0, 0.05) is 12.2 Å². The lowest BCUT2D eigenvalue weighted by atomic mass is 10.0. The molecule has 2 aromatic carbocycles. The molecule has 8 nitrogen and oxygen atoms in total. The van der Waals surface area contributed by atoms with Crippen LogP contribution < -0.4 is 10.1 Å². The van der Waals surface area contributed by atoms with E-state index in [0.29, 0.717) is 34.7 Å². The van der Waals surface area contributed by atoms with Crippen LogP contribution in [0.1, 0.15) is 55.4 Å². The summed E-state index contributed by atoms with van der Waals surface area (Å²) in [5.74, 6) is 1.30. The average molecular weight is 509 g/mol. The van der Waals surface area contributed by atoms with Gasteiger partial charge < -0.3 is 14.8 Å². The van der Waals surface area contributed by atoms with E-state index < -0.39 is 5.97 Å². The molecule has 9 heteroatoms. The average Bonchev–Trinajstić information content (AvgIpc) is 3.23. The van der Waals surface area contributed by atoms with Crippen molar-refractivity contribution in [2.45, 2.75) is 58.0 Å². The fourth-order valence-electron chi connectivity index (χ4n) is 3.28. The number of anilines is 1. The molecule has 0 bridgehead atoms. The molecule has 190 valence electrons. The molecule has 3 rings (SSSR count). The Bertz CT molecular complexity index is 1190. The number of allylic oxidation sites excluding steroid dienone is 1. The Morgan fingerprint density at radius 1 is 1.11 bits per heavy atom. The molecule has 0 aliphatic heterocycles. The number of hydrogen-bond donors (Lipinski definition) is 1. The first-order valence-corrected chi connectivity index (χ1v) is 12.7. The fourth-order valence-corrected chi connectivity index (χ4v) is 4.04. The molecule has 1 heterocycles. The van der Waals surface area contributed by atoms with E-state index in [-0.39, 0.29) is 24.4 Å². The first-order valence-electron chi connectivity index (χ1n) is 11.8. The third-order valence-electron chi connectivity index (χ3n) is 5.08. The maximum Gasteiger partial charge on any atom is 0.338 e.